The van der Waals surface area contributed by atoms with Crippen molar-refractivity contribution in [3.05, 3.63) is 47.5 Å². The van der Waals surface area contributed by atoms with Gasteiger partial charge in [-0.2, -0.15) is 0 Å². The first-order valence-corrected chi connectivity index (χ1v) is 8.10. The van der Waals surface area contributed by atoms with Crippen LogP contribution in [0.4, 0.5) is 5.82 Å². The van der Waals surface area contributed by atoms with Crippen LogP contribution in [0.3, 0.4) is 0 Å². The number of hydrogen-bond donors (Lipinski definition) is 2. The first kappa shape index (κ1) is 16.5. The number of amides is 1. The number of nitrogens with two attached hydrogens (primary N) is 1. The van der Waals surface area contributed by atoms with E-state index in [-0.39, 0.29) is 12.5 Å². The van der Waals surface area contributed by atoms with Gasteiger partial charge < -0.3 is 25.3 Å². The van der Waals surface area contributed by atoms with Crippen molar-refractivity contribution in [3.63, 3.8) is 0 Å². The second kappa shape index (κ2) is 7.46. The molecule has 24 heavy (non-hydrogen) atoms. The summed E-state index contributed by atoms with van der Waals surface area (Å²) in [6, 6.07) is 5.62. The number of likely N-dealkylation sites (N-methyl/N-ethyl adjacent to an activating group) is 1. The number of rotatable bonds is 5. The highest BCUT2D eigenvalue weighted by Gasteiger charge is 2.15. The van der Waals surface area contributed by atoms with Crippen molar-refractivity contribution in [2.45, 2.75) is 13.1 Å². The number of aromatic nitrogens is 1. The molecule has 0 spiro atoms. The third-order valence-corrected chi connectivity index (χ3v) is 4.21. The zero-order valence-corrected chi connectivity index (χ0v) is 13.9. The second-order valence-corrected chi connectivity index (χ2v) is 6.00. The van der Waals surface area contributed by atoms with Crippen molar-refractivity contribution in [1.29, 1.82) is 0 Å². The summed E-state index contributed by atoms with van der Waals surface area (Å²) in [7, 11) is 2.13. The lowest BCUT2D eigenvalue weighted by Gasteiger charge is -2.33. The molecule has 0 aromatic carbocycles. The lowest BCUT2D eigenvalue weighted by molar-refractivity contribution is 0.0950. The zero-order valence-electron chi connectivity index (χ0n) is 13.9. The highest BCUT2D eigenvalue weighted by molar-refractivity contribution is 5.93. The van der Waals surface area contributed by atoms with E-state index in [0.717, 1.165) is 37.6 Å². The number of anilines is 1. The minimum atomic E-state index is -0.170. The second-order valence-electron chi connectivity index (χ2n) is 6.00. The molecule has 0 radical (unpaired) electrons. The average molecular weight is 329 g/mol. The van der Waals surface area contributed by atoms with E-state index in [4.69, 9.17) is 10.2 Å². The lowest BCUT2D eigenvalue weighted by atomic mass is 10.2. The quantitative estimate of drug-likeness (QED) is 0.844. The Hall–Kier alpha value is -2.38. The minimum Gasteiger partial charge on any atom is -0.467 e. The molecule has 1 fully saturated rings. The molecular formula is C17H23N5O2. The zero-order chi connectivity index (χ0) is 16.9. The fraction of sp³-hybridized carbons (Fsp3) is 0.412. The molecule has 0 bridgehead atoms. The fourth-order valence-electron chi connectivity index (χ4n) is 2.67. The van der Waals surface area contributed by atoms with Crippen molar-refractivity contribution < 1.29 is 9.21 Å². The van der Waals surface area contributed by atoms with Crippen LogP contribution in [-0.4, -0.2) is 49.0 Å². The molecule has 0 saturated carbocycles. The SMILES string of the molecule is CN1CCN(c2cc(CNC(=O)c3coc(CN)c3)ccn2)CC1. The number of carbonyl (C=O) groups excluding carboxylic acids is 1. The monoisotopic (exact) mass is 329 g/mol. The predicted molar refractivity (Wildman–Crippen MR) is 91.7 cm³/mol. The van der Waals surface area contributed by atoms with Crippen molar-refractivity contribution in [1.82, 2.24) is 15.2 Å². The number of pyridine rings is 1. The number of hydrogen-bond acceptors (Lipinski definition) is 6. The van der Waals surface area contributed by atoms with E-state index >= 15 is 0 Å². The Labute approximate surface area is 141 Å². The van der Waals surface area contributed by atoms with Gasteiger partial charge in [0.2, 0.25) is 0 Å². The molecule has 0 aliphatic carbocycles. The first-order chi connectivity index (χ1) is 11.7. The Bertz CT molecular complexity index is 692. The van der Waals surface area contributed by atoms with Crippen LogP contribution in [0.25, 0.3) is 0 Å². The molecule has 128 valence electrons. The number of furan rings is 1. The van der Waals surface area contributed by atoms with Crippen LogP contribution in [0.2, 0.25) is 0 Å². The molecule has 7 heteroatoms. The molecule has 1 aliphatic rings. The Balaban J connectivity index is 1.59. The van der Waals surface area contributed by atoms with Gasteiger partial charge in [0.1, 0.15) is 17.8 Å². The van der Waals surface area contributed by atoms with E-state index in [2.05, 4.69) is 27.1 Å². The van der Waals surface area contributed by atoms with Crippen molar-refractivity contribution in [3.8, 4) is 0 Å². The fourth-order valence-corrected chi connectivity index (χ4v) is 2.67. The molecule has 3 N–H and O–H groups in total. The van der Waals surface area contributed by atoms with Gasteiger partial charge in [0.25, 0.3) is 5.91 Å². The van der Waals surface area contributed by atoms with Crippen LogP contribution >= 0.6 is 0 Å². The van der Waals surface area contributed by atoms with Gasteiger partial charge in [-0.25, -0.2) is 4.98 Å². The molecule has 1 aliphatic heterocycles. The van der Waals surface area contributed by atoms with Crippen LogP contribution in [0, 0.1) is 0 Å². The summed E-state index contributed by atoms with van der Waals surface area (Å²) in [4.78, 5) is 21.2. The molecule has 1 saturated heterocycles. The van der Waals surface area contributed by atoms with E-state index in [0.29, 0.717) is 17.9 Å². The summed E-state index contributed by atoms with van der Waals surface area (Å²) < 4.78 is 5.19. The highest BCUT2D eigenvalue weighted by atomic mass is 16.3. The normalized spacial score (nSPS) is 15.5. The average Bonchev–Trinajstić information content (AvgIpc) is 3.10. The van der Waals surface area contributed by atoms with E-state index in [9.17, 15) is 4.79 Å². The van der Waals surface area contributed by atoms with E-state index in [1.807, 2.05) is 12.1 Å². The first-order valence-electron chi connectivity index (χ1n) is 8.10. The van der Waals surface area contributed by atoms with Crippen molar-refractivity contribution in [2.24, 2.45) is 5.73 Å². The molecule has 0 unspecified atom stereocenters. The third kappa shape index (κ3) is 3.93. The van der Waals surface area contributed by atoms with Gasteiger partial charge in [-0.3, -0.25) is 4.79 Å². The Kier molecular flexibility index (Phi) is 5.12. The van der Waals surface area contributed by atoms with Crippen LogP contribution in [0.15, 0.2) is 35.1 Å². The smallest absolute Gasteiger partial charge is 0.254 e. The predicted octanol–water partition coefficient (Wildman–Crippen LogP) is 0.815. The van der Waals surface area contributed by atoms with Gasteiger partial charge in [-0.1, -0.05) is 0 Å². The summed E-state index contributed by atoms with van der Waals surface area (Å²) >= 11 is 0. The number of nitrogens with one attached hydrogen (secondary N) is 1. The molecular weight excluding hydrogens is 306 g/mol. The maximum atomic E-state index is 12.1. The number of carbonyl (C=O) groups is 1. The Morgan fingerprint density at radius 1 is 1.33 bits per heavy atom. The largest absolute Gasteiger partial charge is 0.467 e. The van der Waals surface area contributed by atoms with Gasteiger partial charge in [0.05, 0.1) is 12.1 Å². The lowest BCUT2D eigenvalue weighted by Crippen LogP contribution is -2.44. The van der Waals surface area contributed by atoms with Crippen LogP contribution in [-0.2, 0) is 13.1 Å². The van der Waals surface area contributed by atoms with Gasteiger partial charge >= 0.3 is 0 Å². The maximum absolute atomic E-state index is 12.1. The van der Waals surface area contributed by atoms with Gasteiger partial charge in [-0.05, 0) is 30.8 Å². The standard InChI is InChI=1S/C17H23N5O2/c1-21-4-6-22(7-5-21)16-8-13(2-3-19-16)11-20-17(23)14-9-15(10-18)24-12-14/h2-3,8-9,12H,4-7,10-11,18H2,1H3,(H,20,23). The maximum Gasteiger partial charge on any atom is 0.254 e. The highest BCUT2D eigenvalue weighted by Crippen LogP contribution is 2.15. The van der Waals surface area contributed by atoms with Crippen LogP contribution in [0.5, 0.6) is 0 Å². The Morgan fingerprint density at radius 2 is 2.12 bits per heavy atom. The molecule has 3 rings (SSSR count). The van der Waals surface area contributed by atoms with E-state index < -0.39 is 0 Å². The van der Waals surface area contributed by atoms with Gasteiger partial charge in [0.15, 0.2) is 0 Å². The number of nitrogens with zero attached hydrogens (tertiary/aromatic N) is 3. The molecule has 0 atom stereocenters. The van der Waals surface area contributed by atoms with Crippen LogP contribution in [0.1, 0.15) is 21.7 Å². The summed E-state index contributed by atoms with van der Waals surface area (Å²) in [5.74, 6) is 1.39. The summed E-state index contributed by atoms with van der Waals surface area (Å²) in [5, 5.41) is 2.90. The topological polar surface area (TPSA) is 87.6 Å². The van der Waals surface area contributed by atoms with Crippen molar-refractivity contribution >= 4 is 11.7 Å². The third-order valence-electron chi connectivity index (χ3n) is 4.21. The molecule has 3 heterocycles. The number of piperazine rings is 1. The summed E-state index contributed by atoms with van der Waals surface area (Å²) in [5.41, 5.74) is 7.00. The summed E-state index contributed by atoms with van der Waals surface area (Å²) in [6.07, 6.45) is 3.22. The van der Waals surface area contributed by atoms with Gasteiger partial charge in [-0.15, -0.1) is 0 Å². The van der Waals surface area contributed by atoms with E-state index in [1.54, 1.807) is 12.3 Å². The Morgan fingerprint density at radius 3 is 2.83 bits per heavy atom. The molecule has 7 nitrogen and oxygen atoms in total. The summed E-state index contributed by atoms with van der Waals surface area (Å²) in [6.45, 7) is 4.74. The molecule has 2 aromatic heterocycles. The van der Waals surface area contributed by atoms with Crippen molar-refractivity contribution in [2.75, 3.05) is 38.1 Å². The van der Waals surface area contributed by atoms with Crippen LogP contribution < -0.4 is 16.0 Å². The van der Waals surface area contributed by atoms with E-state index in [1.165, 1.54) is 6.26 Å². The minimum absolute atomic E-state index is 0.170. The van der Waals surface area contributed by atoms with Gasteiger partial charge in [0, 0.05) is 38.9 Å². The molecule has 2 aromatic rings. The molecule has 1 amide bonds.